The predicted molar refractivity (Wildman–Crippen MR) is 87.6 cm³/mol. The van der Waals surface area contributed by atoms with Crippen molar-refractivity contribution in [2.45, 2.75) is 57.6 Å². The molecule has 0 radical (unpaired) electrons. The summed E-state index contributed by atoms with van der Waals surface area (Å²) in [4.78, 5) is 11.2. The highest BCUT2D eigenvalue weighted by molar-refractivity contribution is 5.24. The van der Waals surface area contributed by atoms with E-state index in [1.54, 1.807) is 0 Å². The van der Waals surface area contributed by atoms with Gasteiger partial charge in [-0.3, -0.25) is 4.90 Å². The summed E-state index contributed by atoms with van der Waals surface area (Å²) in [6, 6.07) is 0. The van der Waals surface area contributed by atoms with Crippen molar-refractivity contribution in [2.24, 2.45) is 5.92 Å². The summed E-state index contributed by atoms with van der Waals surface area (Å²) in [5.74, 6) is 1.16. The number of rotatable bonds is 5. The third-order valence-corrected chi connectivity index (χ3v) is 5.16. The Labute approximate surface area is 133 Å². The van der Waals surface area contributed by atoms with E-state index in [0.717, 1.165) is 51.0 Å². The smallest absolute Gasteiger partial charge is 0.222 e. The fourth-order valence-electron chi connectivity index (χ4n) is 3.81. The average molecular weight is 304 g/mol. The molecule has 2 aliphatic rings. The van der Waals surface area contributed by atoms with Crippen molar-refractivity contribution in [1.29, 1.82) is 0 Å². The second kappa shape index (κ2) is 6.92. The van der Waals surface area contributed by atoms with Crippen LogP contribution in [-0.4, -0.2) is 45.2 Å². The number of aliphatic hydroxyl groups is 1. The number of piperidine rings is 1. The van der Waals surface area contributed by atoms with Gasteiger partial charge in [0.05, 0.1) is 5.60 Å². The lowest BCUT2D eigenvalue weighted by atomic mass is 9.71. The first-order chi connectivity index (χ1) is 10.7. The van der Waals surface area contributed by atoms with E-state index in [0.29, 0.717) is 11.9 Å². The van der Waals surface area contributed by atoms with Gasteiger partial charge in [0.2, 0.25) is 5.95 Å². The third kappa shape index (κ3) is 3.58. The molecule has 5 heteroatoms. The average Bonchev–Trinajstić information content (AvgIpc) is 2.54. The zero-order valence-electron chi connectivity index (χ0n) is 13.6. The minimum Gasteiger partial charge on any atom is -0.390 e. The molecule has 0 bridgehead atoms. The first-order valence-electron chi connectivity index (χ1n) is 8.69. The summed E-state index contributed by atoms with van der Waals surface area (Å²) in [7, 11) is 0. The number of nitrogens with one attached hydrogen (secondary N) is 1. The topological polar surface area (TPSA) is 61.3 Å². The summed E-state index contributed by atoms with van der Waals surface area (Å²) in [5.41, 5.74) is 0.766. The Morgan fingerprint density at radius 1 is 1.32 bits per heavy atom. The van der Waals surface area contributed by atoms with Crippen LogP contribution < -0.4 is 5.32 Å². The van der Waals surface area contributed by atoms with Crippen molar-refractivity contribution in [2.75, 3.05) is 25.0 Å². The Hall–Kier alpha value is -1.20. The molecule has 1 aromatic heterocycles. The lowest BCUT2D eigenvalue weighted by Crippen LogP contribution is -2.52. The van der Waals surface area contributed by atoms with Gasteiger partial charge in [-0.15, -0.1) is 0 Å². The van der Waals surface area contributed by atoms with Crippen LogP contribution in [0.25, 0.3) is 0 Å². The highest BCUT2D eigenvalue weighted by Gasteiger charge is 2.42. The Kier molecular flexibility index (Phi) is 4.93. The first-order valence-corrected chi connectivity index (χ1v) is 8.69. The van der Waals surface area contributed by atoms with Crippen LogP contribution in [0.2, 0.25) is 0 Å². The number of anilines is 1. The van der Waals surface area contributed by atoms with Gasteiger partial charge < -0.3 is 10.4 Å². The molecule has 22 heavy (non-hydrogen) atoms. The molecule has 1 aliphatic heterocycles. The van der Waals surface area contributed by atoms with E-state index in [-0.39, 0.29) is 5.60 Å². The molecule has 1 saturated heterocycles. The van der Waals surface area contributed by atoms with Gasteiger partial charge in [-0.1, -0.05) is 19.8 Å². The largest absolute Gasteiger partial charge is 0.390 e. The minimum absolute atomic E-state index is 0.390. The molecule has 0 spiro atoms. The molecule has 122 valence electrons. The van der Waals surface area contributed by atoms with E-state index in [2.05, 4.69) is 27.1 Å². The van der Waals surface area contributed by atoms with Crippen LogP contribution in [0.3, 0.4) is 0 Å². The van der Waals surface area contributed by atoms with Crippen molar-refractivity contribution < 1.29 is 5.11 Å². The van der Waals surface area contributed by atoms with Crippen LogP contribution in [-0.2, 0) is 6.54 Å². The third-order valence-electron chi connectivity index (χ3n) is 5.16. The van der Waals surface area contributed by atoms with Gasteiger partial charge in [0.1, 0.15) is 0 Å². The molecule has 1 aromatic rings. The van der Waals surface area contributed by atoms with Gasteiger partial charge in [-0.2, -0.15) is 0 Å². The quantitative estimate of drug-likeness (QED) is 0.875. The van der Waals surface area contributed by atoms with Crippen LogP contribution in [0, 0.1) is 5.92 Å². The number of aromatic nitrogens is 2. The summed E-state index contributed by atoms with van der Waals surface area (Å²) in [6.07, 6.45) is 10.4. The summed E-state index contributed by atoms with van der Waals surface area (Å²) >= 11 is 0. The van der Waals surface area contributed by atoms with Crippen LogP contribution in [0.15, 0.2) is 12.4 Å². The molecule has 1 saturated carbocycles. The summed E-state index contributed by atoms with van der Waals surface area (Å²) in [5, 5.41) is 13.9. The minimum atomic E-state index is -0.390. The van der Waals surface area contributed by atoms with E-state index >= 15 is 0 Å². The maximum Gasteiger partial charge on any atom is 0.222 e. The molecule has 2 N–H and O–H groups in total. The highest BCUT2D eigenvalue weighted by Crippen LogP contribution is 2.39. The van der Waals surface area contributed by atoms with Gasteiger partial charge >= 0.3 is 0 Å². The molecule has 1 aliphatic carbocycles. The Bertz CT molecular complexity index is 478. The van der Waals surface area contributed by atoms with E-state index in [4.69, 9.17) is 0 Å². The predicted octanol–water partition coefficient (Wildman–Crippen LogP) is 2.43. The van der Waals surface area contributed by atoms with Crippen molar-refractivity contribution >= 4 is 5.95 Å². The molecule has 2 atom stereocenters. The monoisotopic (exact) mass is 304 g/mol. The summed E-state index contributed by atoms with van der Waals surface area (Å²) in [6.45, 7) is 5.91. The Morgan fingerprint density at radius 3 is 2.91 bits per heavy atom. The molecule has 5 nitrogen and oxygen atoms in total. The van der Waals surface area contributed by atoms with Crippen LogP contribution in [0.5, 0.6) is 0 Å². The standard InChI is InChI=1S/C17H28N4O/c1-2-8-18-16-19-10-14(11-20-16)12-21-9-7-17(22)6-4-3-5-15(17)13-21/h10-11,15,22H,2-9,12-13H2,1H3,(H,18,19,20)/t15-,17-/m0/s1. The first kappa shape index (κ1) is 15.7. The van der Waals surface area contributed by atoms with Crippen LogP contribution >= 0.6 is 0 Å². The fourth-order valence-corrected chi connectivity index (χ4v) is 3.81. The number of likely N-dealkylation sites (tertiary alicyclic amines) is 1. The molecule has 0 aromatic carbocycles. The van der Waals surface area contributed by atoms with Crippen LogP contribution in [0.1, 0.15) is 51.0 Å². The van der Waals surface area contributed by atoms with E-state index < -0.39 is 0 Å². The zero-order chi connectivity index (χ0) is 15.4. The van der Waals surface area contributed by atoms with E-state index in [1.807, 2.05) is 12.4 Å². The van der Waals surface area contributed by atoms with Gasteiger partial charge in [0.15, 0.2) is 0 Å². The number of hydrogen-bond acceptors (Lipinski definition) is 5. The maximum absolute atomic E-state index is 10.7. The van der Waals surface area contributed by atoms with Crippen molar-refractivity contribution in [3.05, 3.63) is 18.0 Å². The molecule has 2 fully saturated rings. The highest BCUT2D eigenvalue weighted by atomic mass is 16.3. The van der Waals surface area contributed by atoms with Crippen molar-refractivity contribution in [1.82, 2.24) is 14.9 Å². The lowest BCUT2D eigenvalue weighted by Gasteiger charge is -2.47. The SMILES string of the molecule is CCCNc1ncc(CN2CC[C@@]3(O)CCCC[C@H]3C2)cn1. The van der Waals surface area contributed by atoms with Gasteiger partial charge in [-0.25, -0.2) is 9.97 Å². The van der Waals surface area contributed by atoms with Gasteiger partial charge in [0, 0.05) is 50.1 Å². The Morgan fingerprint density at radius 2 is 2.14 bits per heavy atom. The second-order valence-electron chi connectivity index (χ2n) is 6.87. The second-order valence-corrected chi connectivity index (χ2v) is 6.87. The molecular formula is C17H28N4O. The van der Waals surface area contributed by atoms with E-state index in [9.17, 15) is 5.11 Å². The zero-order valence-corrected chi connectivity index (χ0v) is 13.6. The maximum atomic E-state index is 10.7. The lowest BCUT2D eigenvalue weighted by molar-refractivity contribution is -0.0968. The molecule has 3 rings (SSSR count). The number of nitrogens with zero attached hydrogens (tertiary/aromatic N) is 3. The van der Waals surface area contributed by atoms with Gasteiger partial charge in [0.25, 0.3) is 0 Å². The molecular weight excluding hydrogens is 276 g/mol. The fraction of sp³-hybridized carbons (Fsp3) is 0.765. The van der Waals surface area contributed by atoms with Crippen LogP contribution in [0.4, 0.5) is 5.95 Å². The Balaban J connectivity index is 1.55. The number of hydrogen-bond donors (Lipinski definition) is 2. The van der Waals surface area contributed by atoms with Gasteiger partial charge in [-0.05, 0) is 25.7 Å². The van der Waals surface area contributed by atoms with Crippen molar-refractivity contribution in [3.8, 4) is 0 Å². The molecule has 0 unspecified atom stereocenters. The molecule has 0 amide bonds. The van der Waals surface area contributed by atoms with E-state index in [1.165, 1.54) is 19.3 Å². The normalized spacial score (nSPS) is 29.1. The van der Waals surface area contributed by atoms with Crippen molar-refractivity contribution in [3.63, 3.8) is 0 Å². The molecule has 2 heterocycles. The summed E-state index contributed by atoms with van der Waals surface area (Å²) < 4.78 is 0. The number of fused-ring (bicyclic) bond motifs is 1.